The first-order chi connectivity index (χ1) is 6.70. The summed E-state index contributed by atoms with van der Waals surface area (Å²) < 4.78 is 6.89. The van der Waals surface area contributed by atoms with Crippen LogP contribution in [0.5, 0.6) is 0 Å². The van der Waals surface area contributed by atoms with Gasteiger partial charge < -0.3 is 14.4 Å². The smallest absolute Gasteiger partial charge is 0.339 e. The number of imidazole rings is 1. The molecule has 0 radical (unpaired) electrons. The van der Waals surface area contributed by atoms with E-state index in [0.29, 0.717) is 18.8 Å². The molecule has 0 aliphatic carbocycles. The van der Waals surface area contributed by atoms with Crippen molar-refractivity contribution in [1.82, 2.24) is 9.55 Å². The molecule has 5 heteroatoms. The summed E-state index contributed by atoms with van der Waals surface area (Å²) in [6.45, 7) is 4.75. The molecule has 0 spiro atoms. The number of hydrogen-bond acceptors (Lipinski definition) is 3. The van der Waals surface area contributed by atoms with Gasteiger partial charge in [-0.3, -0.25) is 0 Å². The summed E-state index contributed by atoms with van der Waals surface area (Å²) in [5.41, 5.74) is 0.585. The van der Waals surface area contributed by atoms with Crippen LogP contribution >= 0.6 is 0 Å². The lowest BCUT2D eigenvalue weighted by Crippen LogP contribution is -2.18. The van der Waals surface area contributed by atoms with E-state index in [1.165, 1.54) is 6.20 Å². The lowest BCUT2D eigenvalue weighted by atomic mass is 10.2. The Bertz CT molecular complexity index is 309. The zero-order valence-electron chi connectivity index (χ0n) is 8.30. The second-order valence-electron chi connectivity index (χ2n) is 2.78. The number of aliphatic carboxylic acids is 1. The maximum absolute atomic E-state index is 10.9. The minimum atomic E-state index is -0.984. The van der Waals surface area contributed by atoms with Gasteiger partial charge in [-0.15, -0.1) is 0 Å². The summed E-state index contributed by atoms with van der Waals surface area (Å²) in [6.07, 6.45) is 2.21. The fourth-order valence-electron chi connectivity index (χ4n) is 1.26. The van der Waals surface area contributed by atoms with Crippen LogP contribution in [-0.4, -0.2) is 27.2 Å². The molecule has 0 fully saturated rings. The molecule has 1 unspecified atom stereocenters. The van der Waals surface area contributed by atoms with Crippen molar-refractivity contribution in [3.05, 3.63) is 18.2 Å². The Hall–Kier alpha value is -1.36. The summed E-state index contributed by atoms with van der Waals surface area (Å²) in [7, 11) is 0. The van der Waals surface area contributed by atoms with Crippen LogP contribution in [0, 0.1) is 0 Å². The van der Waals surface area contributed by atoms with E-state index in [1.54, 1.807) is 17.8 Å². The molecule has 0 saturated heterocycles. The Morgan fingerprint density at radius 2 is 2.43 bits per heavy atom. The van der Waals surface area contributed by atoms with Crippen molar-refractivity contribution < 1.29 is 14.6 Å². The van der Waals surface area contributed by atoms with Crippen LogP contribution < -0.4 is 0 Å². The van der Waals surface area contributed by atoms with Gasteiger partial charge in [-0.05, 0) is 13.8 Å². The summed E-state index contributed by atoms with van der Waals surface area (Å²) in [5.74, 6) is -0.984. The van der Waals surface area contributed by atoms with Crippen molar-refractivity contribution in [2.75, 3.05) is 6.61 Å². The Kier molecular flexibility index (Phi) is 3.64. The third kappa shape index (κ3) is 2.11. The molecular weight excluding hydrogens is 184 g/mol. The van der Waals surface area contributed by atoms with Crippen molar-refractivity contribution in [1.29, 1.82) is 0 Å². The number of nitrogens with zero attached hydrogens (tertiary/aromatic N) is 2. The molecule has 0 aliphatic rings. The number of ether oxygens (including phenoxy) is 1. The molecule has 78 valence electrons. The highest BCUT2D eigenvalue weighted by molar-refractivity contribution is 5.73. The molecule has 0 saturated carbocycles. The van der Waals surface area contributed by atoms with Gasteiger partial charge in [0, 0.05) is 13.2 Å². The van der Waals surface area contributed by atoms with E-state index in [4.69, 9.17) is 9.84 Å². The van der Waals surface area contributed by atoms with Gasteiger partial charge in [0.2, 0.25) is 0 Å². The third-order valence-electron chi connectivity index (χ3n) is 1.91. The van der Waals surface area contributed by atoms with Crippen LogP contribution in [-0.2, 0) is 16.1 Å². The molecule has 14 heavy (non-hydrogen) atoms. The Balaban J connectivity index is 2.92. The number of carbonyl (C=O) groups is 1. The predicted molar refractivity (Wildman–Crippen MR) is 49.9 cm³/mol. The topological polar surface area (TPSA) is 64.3 Å². The average molecular weight is 198 g/mol. The van der Waals surface area contributed by atoms with Gasteiger partial charge in [-0.25, -0.2) is 9.78 Å². The summed E-state index contributed by atoms with van der Waals surface area (Å²) in [5, 5.41) is 8.93. The highest BCUT2D eigenvalue weighted by atomic mass is 16.5. The SMILES string of the molecule is CCOC(C(=O)O)c1cncn1CC. The second-order valence-corrected chi connectivity index (χ2v) is 2.78. The van der Waals surface area contributed by atoms with Crippen molar-refractivity contribution in [3.63, 3.8) is 0 Å². The fourth-order valence-corrected chi connectivity index (χ4v) is 1.26. The standard InChI is InChI=1S/C9H14N2O3/c1-3-11-6-10-5-7(11)8(9(12)13)14-4-2/h5-6,8H,3-4H2,1-2H3,(H,12,13). The molecule has 1 heterocycles. The Morgan fingerprint density at radius 3 is 2.93 bits per heavy atom. The van der Waals surface area contributed by atoms with Gasteiger partial charge in [0.1, 0.15) is 0 Å². The van der Waals surface area contributed by atoms with E-state index in [9.17, 15) is 4.79 Å². The first-order valence-electron chi connectivity index (χ1n) is 4.55. The molecule has 1 N–H and O–H groups in total. The minimum absolute atomic E-state index is 0.367. The van der Waals surface area contributed by atoms with Gasteiger partial charge in [0.25, 0.3) is 0 Å². The number of aromatic nitrogens is 2. The number of carboxylic acids is 1. The molecule has 0 aliphatic heterocycles. The maximum atomic E-state index is 10.9. The normalized spacial score (nSPS) is 12.7. The first-order valence-corrected chi connectivity index (χ1v) is 4.55. The van der Waals surface area contributed by atoms with E-state index >= 15 is 0 Å². The fraction of sp³-hybridized carbons (Fsp3) is 0.556. The van der Waals surface area contributed by atoms with Crippen LogP contribution in [0.4, 0.5) is 0 Å². The highest BCUT2D eigenvalue weighted by Gasteiger charge is 2.23. The van der Waals surface area contributed by atoms with Crippen molar-refractivity contribution in [2.45, 2.75) is 26.5 Å². The van der Waals surface area contributed by atoms with Crippen LogP contribution in [0.2, 0.25) is 0 Å². The molecule has 5 nitrogen and oxygen atoms in total. The molecule has 0 aromatic carbocycles. The van der Waals surface area contributed by atoms with E-state index < -0.39 is 12.1 Å². The van der Waals surface area contributed by atoms with E-state index in [-0.39, 0.29) is 0 Å². The Morgan fingerprint density at radius 1 is 1.71 bits per heavy atom. The van der Waals surface area contributed by atoms with Gasteiger partial charge in [0.15, 0.2) is 6.10 Å². The van der Waals surface area contributed by atoms with Crippen LogP contribution in [0.1, 0.15) is 25.6 Å². The average Bonchev–Trinajstić information content (AvgIpc) is 2.61. The first kappa shape index (κ1) is 10.7. The molecular formula is C9H14N2O3. The highest BCUT2D eigenvalue weighted by Crippen LogP contribution is 2.17. The van der Waals surface area contributed by atoms with Crippen molar-refractivity contribution in [2.24, 2.45) is 0 Å². The molecule has 0 bridgehead atoms. The lowest BCUT2D eigenvalue weighted by Gasteiger charge is -2.13. The number of carboxylic acid groups (broad SMARTS) is 1. The Labute approximate surface area is 82.3 Å². The molecule has 1 atom stereocenters. The maximum Gasteiger partial charge on any atom is 0.339 e. The monoisotopic (exact) mass is 198 g/mol. The van der Waals surface area contributed by atoms with E-state index in [2.05, 4.69) is 4.98 Å². The minimum Gasteiger partial charge on any atom is -0.479 e. The zero-order chi connectivity index (χ0) is 10.6. The van der Waals surface area contributed by atoms with E-state index in [0.717, 1.165) is 0 Å². The largest absolute Gasteiger partial charge is 0.479 e. The van der Waals surface area contributed by atoms with Gasteiger partial charge in [-0.1, -0.05) is 0 Å². The quantitative estimate of drug-likeness (QED) is 0.768. The molecule has 1 rings (SSSR count). The van der Waals surface area contributed by atoms with Gasteiger partial charge >= 0.3 is 5.97 Å². The summed E-state index contributed by atoms with van der Waals surface area (Å²) in [4.78, 5) is 14.8. The molecule has 1 aromatic heterocycles. The van der Waals surface area contributed by atoms with Gasteiger partial charge in [0.05, 0.1) is 18.2 Å². The van der Waals surface area contributed by atoms with E-state index in [1.807, 2.05) is 6.92 Å². The summed E-state index contributed by atoms with van der Waals surface area (Å²) >= 11 is 0. The summed E-state index contributed by atoms with van der Waals surface area (Å²) in [6, 6.07) is 0. The molecule has 0 amide bonds. The van der Waals surface area contributed by atoms with Crippen LogP contribution in [0.3, 0.4) is 0 Å². The number of aryl methyl sites for hydroxylation is 1. The predicted octanol–water partition coefficient (Wildman–Crippen LogP) is 1.07. The van der Waals surface area contributed by atoms with Crippen LogP contribution in [0.15, 0.2) is 12.5 Å². The number of rotatable bonds is 5. The van der Waals surface area contributed by atoms with Crippen LogP contribution in [0.25, 0.3) is 0 Å². The van der Waals surface area contributed by atoms with Gasteiger partial charge in [-0.2, -0.15) is 0 Å². The van der Waals surface area contributed by atoms with Crippen molar-refractivity contribution in [3.8, 4) is 0 Å². The van der Waals surface area contributed by atoms with Crippen molar-refractivity contribution >= 4 is 5.97 Å². The number of hydrogen-bond donors (Lipinski definition) is 1. The second kappa shape index (κ2) is 4.76. The third-order valence-corrected chi connectivity index (χ3v) is 1.91. The zero-order valence-corrected chi connectivity index (χ0v) is 8.30. The molecule has 1 aromatic rings. The lowest BCUT2D eigenvalue weighted by molar-refractivity contribution is -0.151.